The molecule has 0 saturated carbocycles. The van der Waals surface area contributed by atoms with Crippen LogP contribution >= 0.6 is 0 Å². The van der Waals surface area contributed by atoms with Crippen LogP contribution in [0.2, 0.25) is 0 Å². The number of carboxylic acid groups (broad SMARTS) is 1. The van der Waals surface area contributed by atoms with Crippen molar-refractivity contribution < 1.29 is 27.9 Å². The van der Waals surface area contributed by atoms with Gasteiger partial charge in [-0.3, -0.25) is 14.7 Å². The molecule has 1 aromatic heterocycles. The predicted octanol–water partition coefficient (Wildman–Crippen LogP) is 0.646. The van der Waals surface area contributed by atoms with Gasteiger partial charge in [-0.05, 0) is 6.42 Å². The van der Waals surface area contributed by atoms with E-state index in [2.05, 4.69) is 10.2 Å². The van der Waals surface area contributed by atoms with E-state index in [9.17, 15) is 22.8 Å². The van der Waals surface area contributed by atoms with Gasteiger partial charge in [-0.15, -0.1) is 0 Å². The fourth-order valence-electron chi connectivity index (χ4n) is 1.31. The van der Waals surface area contributed by atoms with Crippen LogP contribution in [0.1, 0.15) is 17.9 Å². The molecule has 100 valence electrons. The van der Waals surface area contributed by atoms with Crippen LogP contribution in [-0.4, -0.2) is 39.9 Å². The highest BCUT2D eigenvalue weighted by atomic mass is 19.4. The van der Waals surface area contributed by atoms with Crippen LogP contribution in [-0.2, 0) is 9.59 Å². The number of rotatable bonds is 5. The molecule has 0 radical (unpaired) electrons. The molecule has 1 amide bonds. The van der Waals surface area contributed by atoms with Crippen molar-refractivity contribution in [1.29, 1.82) is 0 Å². The largest absolute Gasteiger partial charge is 0.481 e. The van der Waals surface area contributed by atoms with Crippen LogP contribution < -0.4 is 5.32 Å². The zero-order valence-electron chi connectivity index (χ0n) is 8.99. The first-order chi connectivity index (χ1) is 8.32. The number of hydrogen-bond acceptors (Lipinski definition) is 3. The van der Waals surface area contributed by atoms with Crippen molar-refractivity contribution in [2.24, 2.45) is 0 Å². The first-order valence-electron chi connectivity index (χ1n) is 4.89. The van der Waals surface area contributed by atoms with E-state index in [1.54, 1.807) is 5.32 Å². The number of aromatic nitrogens is 2. The lowest BCUT2D eigenvalue weighted by Gasteiger charge is -2.11. The molecule has 0 bridgehead atoms. The van der Waals surface area contributed by atoms with Crippen LogP contribution in [0.15, 0.2) is 12.4 Å². The van der Waals surface area contributed by atoms with Crippen molar-refractivity contribution in [2.45, 2.75) is 18.5 Å². The van der Waals surface area contributed by atoms with Gasteiger partial charge in [0.05, 0.1) is 12.1 Å². The number of H-pyrrole nitrogens is 1. The van der Waals surface area contributed by atoms with Gasteiger partial charge in [-0.25, -0.2) is 0 Å². The molecule has 1 heterocycles. The molecule has 0 fully saturated rings. The summed E-state index contributed by atoms with van der Waals surface area (Å²) in [6.07, 6.45) is -2.51. The Morgan fingerprint density at radius 1 is 1.50 bits per heavy atom. The molecule has 0 spiro atoms. The van der Waals surface area contributed by atoms with E-state index < -0.39 is 24.0 Å². The lowest BCUT2D eigenvalue weighted by molar-refractivity contribution is -0.173. The molecule has 6 nitrogen and oxygen atoms in total. The molecule has 3 N–H and O–H groups in total. The SMILES string of the molecule is O=C(O)C(CCNC(=O)C(F)(F)F)c1cn[nH]c1. The van der Waals surface area contributed by atoms with Gasteiger partial charge < -0.3 is 10.4 Å². The first-order valence-corrected chi connectivity index (χ1v) is 4.89. The maximum Gasteiger partial charge on any atom is 0.471 e. The minimum absolute atomic E-state index is 0.156. The van der Waals surface area contributed by atoms with Gasteiger partial charge in [0.2, 0.25) is 0 Å². The van der Waals surface area contributed by atoms with Crippen molar-refractivity contribution in [1.82, 2.24) is 15.5 Å². The molecule has 1 atom stereocenters. The zero-order valence-corrected chi connectivity index (χ0v) is 8.99. The monoisotopic (exact) mass is 265 g/mol. The quantitative estimate of drug-likeness (QED) is 0.728. The number of halogens is 3. The Morgan fingerprint density at radius 2 is 2.17 bits per heavy atom. The third-order valence-corrected chi connectivity index (χ3v) is 2.20. The van der Waals surface area contributed by atoms with Gasteiger partial charge in [-0.2, -0.15) is 18.3 Å². The summed E-state index contributed by atoms with van der Waals surface area (Å²) >= 11 is 0. The fraction of sp³-hybridized carbons (Fsp3) is 0.444. The average Bonchev–Trinajstić information content (AvgIpc) is 2.75. The second-order valence-electron chi connectivity index (χ2n) is 3.46. The van der Waals surface area contributed by atoms with E-state index in [0.29, 0.717) is 5.56 Å². The highest BCUT2D eigenvalue weighted by Gasteiger charge is 2.38. The molecular weight excluding hydrogens is 255 g/mol. The number of amides is 1. The molecule has 1 rings (SSSR count). The molecule has 0 aliphatic heterocycles. The number of aliphatic carboxylic acids is 1. The van der Waals surface area contributed by atoms with Crippen LogP contribution in [0.5, 0.6) is 0 Å². The molecule has 0 aromatic carbocycles. The summed E-state index contributed by atoms with van der Waals surface area (Å²) < 4.78 is 35.6. The Bertz CT molecular complexity index is 416. The van der Waals surface area contributed by atoms with Crippen LogP contribution in [0.4, 0.5) is 13.2 Å². The van der Waals surface area contributed by atoms with E-state index in [-0.39, 0.29) is 13.0 Å². The summed E-state index contributed by atoms with van der Waals surface area (Å²) in [5.41, 5.74) is 0.337. The van der Waals surface area contributed by atoms with Crippen molar-refractivity contribution in [3.8, 4) is 0 Å². The van der Waals surface area contributed by atoms with Gasteiger partial charge in [-0.1, -0.05) is 0 Å². The third-order valence-electron chi connectivity index (χ3n) is 2.20. The number of carboxylic acids is 1. The molecule has 1 unspecified atom stereocenters. The van der Waals surface area contributed by atoms with Crippen LogP contribution in [0, 0.1) is 0 Å². The highest BCUT2D eigenvalue weighted by molar-refractivity contribution is 5.81. The van der Waals surface area contributed by atoms with E-state index in [0.717, 1.165) is 0 Å². The maximum atomic E-state index is 11.9. The van der Waals surface area contributed by atoms with Crippen molar-refractivity contribution in [2.75, 3.05) is 6.54 Å². The Balaban J connectivity index is 2.50. The molecule has 18 heavy (non-hydrogen) atoms. The summed E-state index contributed by atoms with van der Waals surface area (Å²) in [6, 6.07) is 0. The minimum Gasteiger partial charge on any atom is -0.481 e. The molecule has 0 aliphatic carbocycles. The van der Waals surface area contributed by atoms with Crippen molar-refractivity contribution >= 4 is 11.9 Å². The summed E-state index contributed by atoms with van der Waals surface area (Å²) in [4.78, 5) is 21.4. The second kappa shape index (κ2) is 5.52. The predicted molar refractivity (Wildman–Crippen MR) is 52.6 cm³/mol. The number of nitrogens with one attached hydrogen (secondary N) is 2. The average molecular weight is 265 g/mol. The molecule has 0 saturated heterocycles. The number of carbonyl (C=O) groups is 2. The summed E-state index contributed by atoms with van der Waals surface area (Å²) in [6.45, 7) is -0.388. The first kappa shape index (κ1) is 14.0. The smallest absolute Gasteiger partial charge is 0.471 e. The standard InChI is InChI=1S/C9H10F3N3O3/c10-9(11,12)8(18)13-2-1-6(7(16)17)5-3-14-15-4-5/h3-4,6H,1-2H2,(H,13,18)(H,14,15)(H,16,17). The summed E-state index contributed by atoms with van der Waals surface area (Å²) in [7, 11) is 0. The van der Waals surface area contributed by atoms with Crippen LogP contribution in [0.3, 0.4) is 0 Å². The van der Waals surface area contributed by atoms with Gasteiger partial charge in [0.15, 0.2) is 0 Å². The third kappa shape index (κ3) is 3.75. The lowest BCUT2D eigenvalue weighted by Crippen LogP contribution is -2.37. The minimum atomic E-state index is -4.96. The number of aromatic amines is 1. The van der Waals surface area contributed by atoms with Crippen molar-refractivity contribution in [3.05, 3.63) is 18.0 Å². The maximum absolute atomic E-state index is 11.9. The number of carbonyl (C=O) groups excluding carboxylic acids is 1. The van der Waals surface area contributed by atoms with E-state index in [1.807, 2.05) is 0 Å². The number of hydrogen-bond donors (Lipinski definition) is 3. The van der Waals surface area contributed by atoms with Gasteiger partial charge in [0.25, 0.3) is 0 Å². The zero-order chi connectivity index (χ0) is 13.8. The lowest BCUT2D eigenvalue weighted by atomic mass is 9.99. The molecule has 1 aromatic rings. The van der Waals surface area contributed by atoms with Crippen molar-refractivity contribution in [3.63, 3.8) is 0 Å². The summed E-state index contributed by atoms with van der Waals surface area (Å²) in [5.74, 6) is -4.30. The number of alkyl halides is 3. The van der Waals surface area contributed by atoms with E-state index in [4.69, 9.17) is 5.11 Å². The van der Waals surface area contributed by atoms with Gasteiger partial charge >= 0.3 is 18.1 Å². The molecule has 9 heteroatoms. The Morgan fingerprint density at radius 3 is 2.61 bits per heavy atom. The van der Waals surface area contributed by atoms with E-state index in [1.165, 1.54) is 12.4 Å². The van der Waals surface area contributed by atoms with Crippen LogP contribution in [0.25, 0.3) is 0 Å². The Kier molecular flexibility index (Phi) is 4.29. The molecule has 0 aliphatic rings. The number of nitrogens with zero attached hydrogens (tertiary/aromatic N) is 1. The Labute approximate surface area is 99.2 Å². The topological polar surface area (TPSA) is 95.1 Å². The van der Waals surface area contributed by atoms with Gasteiger partial charge in [0.1, 0.15) is 0 Å². The molecular formula is C9H10F3N3O3. The second-order valence-corrected chi connectivity index (χ2v) is 3.46. The van der Waals surface area contributed by atoms with E-state index >= 15 is 0 Å². The van der Waals surface area contributed by atoms with Gasteiger partial charge in [0, 0.05) is 18.3 Å². The summed E-state index contributed by atoms with van der Waals surface area (Å²) in [5, 5.41) is 16.5. The normalized spacial score (nSPS) is 13.1. The fourth-order valence-corrected chi connectivity index (χ4v) is 1.31. The Hall–Kier alpha value is -2.06. The highest BCUT2D eigenvalue weighted by Crippen LogP contribution is 2.19.